The number of sulfonamides is 1. The number of pyridine rings is 1. The van der Waals surface area contributed by atoms with Gasteiger partial charge >= 0.3 is 0 Å². The molecule has 1 N–H and O–H groups in total. The Morgan fingerprint density at radius 3 is 2.22 bits per heavy atom. The number of aryl methyl sites for hydroxylation is 1. The van der Waals surface area contributed by atoms with Crippen molar-refractivity contribution >= 4 is 16.0 Å². The minimum atomic E-state index is -4.10. The van der Waals surface area contributed by atoms with Gasteiger partial charge in [-0.15, -0.1) is 10.2 Å². The summed E-state index contributed by atoms with van der Waals surface area (Å²) >= 11 is 0. The summed E-state index contributed by atoms with van der Waals surface area (Å²) in [5.41, 5.74) is 1.57. The molecular weight excluding hydrogens is 505 g/mol. The van der Waals surface area contributed by atoms with Crippen molar-refractivity contribution < 1.29 is 22.3 Å². The molecule has 4 aromatic heterocycles. The predicted octanol–water partition coefficient (Wildman–Crippen LogP) is 2.31. The van der Waals surface area contributed by atoms with Crippen LogP contribution in [0.4, 0.5) is 10.3 Å². The largest absolute Gasteiger partial charge is 0.479 e. The number of nitrogens with one attached hydrogen (secondary N) is 1. The van der Waals surface area contributed by atoms with Gasteiger partial charge in [-0.25, -0.2) is 22.8 Å². The zero-order valence-electron chi connectivity index (χ0n) is 20.6. The average Bonchev–Trinajstić information content (AvgIpc) is 3.29. The normalized spacial score (nSPS) is 13.1. The van der Waals surface area contributed by atoms with E-state index in [0.717, 1.165) is 18.0 Å². The summed E-state index contributed by atoms with van der Waals surface area (Å²) in [5, 5.41) is 7.29. The Morgan fingerprint density at radius 1 is 0.973 bits per heavy atom. The first kappa shape index (κ1) is 25.8. The minimum absolute atomic E-state index is 0.0927. The third-order valence-corrected chi connectivity index (χ3v) is 7.49. The molecule has 0 radical (unpaired) electrons. The number of nitrogens with zero attached hydrogens (tertiary/aromatic N) is 8. The van der Waals surface area contributed by atoms with Crippen LogP contribution in [-0.2, 0) is 10.0 Å². The first-order valence-corrected chi connectivity index (χ1v) is 12.5. The summed E-state index contributed by atoms with van der Waals surface area (Å²) in [7, 11) is -1.30. The monoisotopic (exact) mass is 529 g/mol. The van der Waals surface area contributed by atoms with Crippen molar-refractivity contribution in [1.82, 2.24) is 39.7 Å². The Hall–Kier alpha value is -4.27. The maximum Gasteiger partial charge on any atom is 0.245 e. The van der Waals surface area contributed by atoms with E-state index in [1.807, 2.05) is 13.0 Å². The Kier molecular flexibility index (Phi) is 7.24. The SMILES string of the molecule is COc1ncnc(OC)c1-n1c(NS(=O)(=O)[C@@H](C)[C@H](C)c2ncc(F)cn2)nnc1-c1cncc(C)c1. The molecule has 13 nitrogen and oxygen atoms in total. The molecule has 0 bridgehead atoms. The van der Waals surface area contributed by atoms with Gasteiger partial charge in [0.2, 0.25) is 27.7 Å². The number of anilines is 1. The maximum absolute atomic E-state index is 13.4. The van der Waals surface area contributed by atoms with Crippen molar-refractivity contribution in [3.05, 3.63) is 54.4 Å². The van der Waals surface area contributed by atoms with Gasteiger partial charge in [0.15, 0.2) is 17.3 Å². The molecule has 0 spiro atoms. The lowest BCUT2D eigenvalue weighted by atomic mass is 10.1. The molecule has 0 amide bonds. The third kappa shape index (κ3) is 5.16. The highest BCUT2D eigenvalue weighted by Gasteiger charge is 2.33. The van der Waals surface area contributed by atoms with Gasteiger partial charge < -0.3 is 9.47 Å². The molecule has 4 aromatic rings. The molecule has 0 saturated carbocycles. The Labute approximate surface area is 212 Å². The smallest absolute Gasteiger partial charge is 0.245 e. The van der Waals surface area contributed by atoms with Gasteiger partial charge in [0, 0.05) is 23.9 Å². The summed E-state index contributed by atoms with van der Waals surface area (Å²) in [6, 6.07) is 1.81. The summed E-state index contributed by atoms with van der Waals surface area (Å²) in [5.74, 6) is -0.870. The zero-order chi connectivity index (χ0) is 26.7. The lowest BCUT2D eigenvalue weighted by Gasteiger charge is -2.20. The molecule has 4 rings (SSSR count). The fourth-order valence-corrected chi connectivity index (χ4v) is 4.75. The number of methoxy groups -OCH3 is 2. The van der Waals surface area contributed by atoms with Gasteiger partial charge in [-0.1, -0.05) is 6.92 Å². The lowest BCUT2D eigenvalue weighted by Crippen LogP contribution is -2.31. The van der Waals surface area contributed by atoms with E-state index in [-0.39, 0.29) is 35.0 Å². The van der Waals surface area contributed by atoms with E-state index in [1.54, 1.807) is 19.3 Å². The number of hydrogen-bond donors (Lipinski definition) is 1. The van der Waals surface area contributed by atoms with Crippen LogP contribution in [0.3, 0.4) is 0 Å². The standard InChI is InChI=1S/C22H24FN9O4S/c1-12-6-15(8-24-7-12)19-29-30-22(32(19)17-20(35-4)27-11-28-21(17)36-5)31-37(33,34)14(3)13(2)18-25-9-16(23)10-26-18/h6-11,13-14H,1-5H3,(H,30,31)/t13-,14-/m0/s1. The topological polar surface area (TPSA) is 160 Å². The fourth-order valence-electron chi connectivity index (χ4n) is 3.52. The molecule has 0 aliphatic rings. The molecule has 37 heavy (non-hydrogen) atoms. The number of hydrogen-bond acceptors (Lipinski definition) is 11. The van der Waals surface area contributed by atoms with E-state index in [2.05, 4.69) is 39.8 Å². The molecular formula is C22H24FN9O4S. The third-order valence-electron chi connectivity index (χ3n) is 5.64. The van der Waals surface area contributed by atoms with E-state index in [0.29, 0.717) is 5.56 Å². The van der Waals surface area contributed by atoms with Crippen molar-refractivity contribution in [2.24, 2.45) is 0 Å². The Balaban J connectivity index is 1.83. The Bertz CT molecular complexity index is 1490. The second-order valence-corrected chi connectivity index (χ2v) is 10.1. The summed E-state index contributed by atoms with van der Waals surface area (Å²) < 4.78 is 54.9. The van der Waals surface area contributed by atoms with Crippen LogP contribution in [0.1, 0.15) is 31.2 Å². The molecule has 0 saturated heterocycles. The molecule has 0 unspecified atom stereocenters. The van der Waals surface area contributed by atoms with E-state index < -0.39 is 27.0 Å². The summed E-state index contributed by atoms with van der Waals surface area (Å²) in [6.07, 6.45) is 6.44. The summed E-state index contributed by atoms with van der Waals surface area (Å²) in [6.45, 7) is 4.97. The van der Waals surface area contributed by atoms with Crippen molar-refractivity contribution in [2.75, 3.05) is 18.9 Å². The summed E-state index contributed by atoms with van der Waals surface area (Å²) in [4.78, 5) is 20.3. The molecule has 194 valence electrons. The van der Waals surface area contributed by atoms with Crippen molar-refractivity contribution in [3.8, 4) is 28.8 Å². The highest BCUT2D eigenvalue weighted by Crippen LogP contribution is 2.35. The van der Waals surface area contributed by atoms with Crippen molar-refractivity contribution in [1.29, 1.82) is 0 Å². The average molecular weight is 530 g/mol. The van der Waals surface area contributed by atoms with Gasteiger partial charge in [0.1, 0.15) is 12.2 Å². The number of aromatic nitrogens is 8. The molecule has 0 aromatic carbocycles. The van der Waals surface area contributed by atoms with Gasteiger partial charge in [-0.3, -0.25) is 14.3 Å². The van der Waals surface area contributed by atoms with Crippen LogP contribution in [-0.4, -0.2) is 67.6 Å². The van der Waals surface area contributed by atoms with Crippen LogP contribution in [0, 0.1) is 12.7 Å². The molecule has 0 aliphatic heterocycles. The zero-order valence-corrected chi connectivity index (χ0v) is 21.4. The molecule has 0 fully saturated rings. The van der Waals surface area contributed by atoms with E-state index in [9.17, 15) is 12.8 Å². The lowest BCUT2D eigenvalue weighted by molar-refractivity contribution is 0.368. The number of halogens is 1. The first-order valence-electron chi connectivity index (χ1n) is 11.0. The second-order valence-electron chi connectivity index (χ2n) is 8.07. The van der Waals surface area contributed by atoms with Crippen LogP contribution in [0.5, 0.6) is 11.8 Å². The van der Waals surface area contributed by atoms with E-state index in [4.69, 9.17) is 9.47 Å². The van der Waals surface area contributed by atoms with E-state index in [1.165, 1.54) is 32.0 Å². The Morgan fingerprint density at radius 2 is 1.62 bits per heavy atom. The minimum Gasteiger partial charge on any atom is -0.479 e. The van der Waals surface area contributed by atoms with Gasteiger partial charge in [-0.05, 0) is 25.5 Å². The van der Waals surface area contributed by atoms with Crippen molar-refractivity contribution in [3.63, 3.8) is 0 Å². The molecule has 0 aliphatic carbocycles. The molecule has 15 heteroatoms. The van der Waals surface area contributed by atoms with Crippen molar-refractivity contribution in [2.45, 2.75) is 31.9 Å². The first-order chi connectivity index (χ1) is 17.7. The highest BCUT2D eigenvalue weighted by molar-refractivity contribution is 7.93. The van der Waals surface area contributed by atoms with Gasteiger partial charge in [0.25, 0.3) is 0 Å². The van der Waals surface area contributed by atoms with Crippen LogP contribution in [0.2, 0.25) is 0 Å². The molecule has 2 atom stereocenters. The quantitative estimate of drug-likeness (QED) is 0.339. The van der Waals surface area contributed by atoms with Crippen LogP contribution in [0.15, 0.2) is 37.2 Å². The van der Waals surface area contributed by atoms with E-state index >= 15 is 0 Å². The fraction of sp³-hybridized carbons (Fsp3) is 0.318. The highest BCUT2D eigenvalue weighted by atomic mass is 32.2. The van der Waals surface area contributed by atoms with Gasteiger partial charge in [-0.2, -0.15) is 9.97 Å². The molecule has 4 heterocycles. The van der Waals surface area contributed by atoms with Crippen LogP contribution in [0.25, 0.3) is 17.1 Å². The van der Waals surface area contributed by atoms with Gasteiger partial charge in [0.05, 0.1) is 31.9 Å². The maximum atomic E-state index is 13.4. The predicted molar refractivity (Wildman–Crippen MR) is 130 cm³/mol. The van der Waals surface area contributed by atoms with Crippen LogP contribution >= 0.6 is 0 Å². The number of ether oxygens (including phenoxy) is 2. The van der Waals surface area contributed by atoms with Crippen LogP contribution < -0.4 is 14.2 Å². The second kappa shape index (κ2) is 10.4. The number of rotatable bonds is 9.